The van der Waals surface area contributed by atoms with Crippen molar-refractivity contribution in [2.75, 3.05) is 7.05 Å². The fourth-order valence-electron chi connectivity index (χ4n) is 2.15. The Morgan fingerprint density at radius 1 is 1.39 bits per heavy atom. The molecule has 3 nitrogen and oxygen atoms in total. The molecule has 1 aromatic carbocycles. The molecule has 2 rings (SSSR count). The van der Waals surface area contributed by atoms with Gasteiger partial charge >= 0.3 is 0 Å². The van der Waals surface area contributed by atoms with E-state index in [2.05, 4.69) is 57.5 Å². The van der Waals surface area contributed by atoms with Crippen LogP contribution in [0.1, 0.15) is 22.9 Å². The second kappa shape index (κ2) is 5.67. The van der Waals surface area contributed by atoms with Gasteiger partial charge in [-0.3, -0.25) is 4.68 Å². The summed E-state index contributed by atoms with van der Waals surface area (Å²) >= 11 is 3.59. The zero-order chi connectivity index (χ0) is 13.1. The molecule has 2 aromatic rings. The van der Waals surface area contributed by atoms with Crippen molar-refractivity contribution in [1.82, 2.24) is 15.1 Å². The molecule has 0 saturated carbocycles. The van der Waals surface area contributed by atoms with Gasteiger partial charge in [-0.15, -0.1) is 0 Å². The second-order valence-corrected chi connectivity index (χ2v) is 5.33. The fraction of sp³-hybridized carbons (Fsp3) is 0.357. The van der Waals surface area contributed by atoms with E-state index in [1.807, 2.05) is 25.0 Å². The number of nitrogens with zero attached hydrogens (tertiary/aromatic N) is 2. The molecule has 1 heterocycles. The third-order valence-corrected chi connectivity index (χ3v) is 4.07. The number of aryl methyl sites for hydroxylation is 1. The lowest BCUT2D eigenvalue weighted by molar-refractivity contribution is 0.574. The standard InChI is InChI=1S/C14H18BrN3/c1-10-12(5-4-6-13(10)15)14(16-2)9-11-7-8-18(3)17-11/h4-8,14,16H,9H2,1-3H3. The van der Waals surface area contributed by atoms with Gasteiger partial charge in [-0.1, -0.05) is 28.1 Å². The van der Waals surface area contributed by atoms with E-state index in [0.717, 1.165) is 16.6 Å². The number of hydrogen-bond donors (Lipinski definition) is 1. The quantitative estimate of drug-likeness (QED) is 0.941. The van der Waals surface area contributed by atoms with E-state index in [9.17, 15) is 0 Å². The van der Waals surface area contributed by atoms with Crippen LogP contribution in [0.15, 0.2) is 34.9 Å². The highest BCUT2D eigenvalue weighted by molar-refractivity contribution is 9.10. The lowest BCUT2D eigenvalue weighted by Gasteiger charge is -2.18. The van der Waals surface area contributed by atoms with Crippen LogP contribution >= 0.6 is 15.9 Å². The van der Waals surface area contributed by atoms with Crippen molar-refractivity contribution in [3.8, 4) is 0 Å². The van der Waals surface area contributed by atoms with Crippen LogP contribution in [0.4, 0.5) is 0 Å². The van der Waals surface area contributed by atoms with Gasteiger partial charge < -0.3 is 5.32 Å². The van der Waals surface area contributed by atoms with Crippen molar-refractivity contribution in [3.63, 3.8) is 0 Å². The molecule has 0 aliphatic rings. The highest BCUT2D eigenvalue weighted by atomic mass is 79.9. The van der Waals surface area contributed by atoms with Gasteiger partial charge in [0.1, 0.15) is 0 Å². The average Bonchev–Trinajstić information content (AvgIpc) is 2.76. The van der Waals surface area contributed by atoms with Crippen molar-refractivity contribution in [2.45, 2.75) is 19.4 Å². The summed E-state index contributed by atoms with van der Waals surface area (Å²) in [6.45, 7) is 2.14. The van der Waals surface area contributed by atoms with Gasteiger partial charge in [0.15, 0.2) is 0 Å². The van der Waals surface area contributed by atoms with Gasteiger partial charge in [0.2, 0.25) is 0 Å². The topological polar surface area (TPSA) is 29.9 Å². The molecule has 1 aromatic heterocycles. The number of halogens is 1. The van der Waals surface area contributed by atoms with Crippen LogP contribution in [-0.4, -0.2) is 16.8 Å². The van der Waals surface area contributed by atoms with E-state index < -0.39 is 0 Å². The van der Waals surface area contributed by atoms with Crippen molar-refractivity contribution in [2.24, 2.45) is 7.05 Å². The third-order valence-electron chi connectivity index (χ3n) is 3.22. The summed E-state index contributed by atoms with van der Waals surface area (Å²) in [6.07, 6.45) is 2.88. The van der Waals surface area contributed by atoms with E-state index in [4.69, 9.17) is 0 Å². The van der Waals surface area contributed by atoms with Gasteiger partial charge in [0.05, 0.1) is 5.69 Å². The first-order chi connectivity index (χ1) is 8.61. The first-order valence-corrected chi connectivity index (χ1v) is 6.82. The predicted molar refractivity (Wildman–Crippen MR) is 77.6 cm³/mol. The van der Waals surface area contributed by atoms with Crippen LogP contribution in [0.3, 0.4) is 0 Å². The molecule has 0 spiro atoms. The van der Waals surface area contributed by atoms with E-state index in [1.54, 1.807) is 0 Å². The molecule has 1 unspecified atom stereocenters. The summed E-state index contributed by atoms with van der Waals surface area (Å²) in [7, 11) is 3.94. The Balaban J connectivity index is 2.25. The van der Waals surface area contributed by atoms with Crippen molar-refractivity contribution in [3.05, 3.63) is 51.8 Å². The molecule has 0 saturated heterocycles. The summed E-state index contributed by atoms with van der Waals surface area (Å²) in [5.41, 5.74) is 3.71. The van der Waals surface area contributed by atoms with Crippen LogP contribution in [-0.2, 0) is 13.5 Å². The third kappa shape index (κ3) is 2.82. The van der Waals surface area contributed by atoms with Crippen LogP contribution in [0.2, 0.25) is 0 Å². The molecule has 0 bridgehead atoms. The Labute approximate surface area is 116 Å². The number of likely N-dealkylation sites (N-methyl/N-ethyl adjacent to an activating group) is 1. The molecule has 18 heavy (non-hydrogen) atoms. The molecular formula is C14H18BrN3. The Kier molecular flexibility index (Phi) is 4.19. The normalized spacial score (nSPS) is 12.7. The molecule has 1 atom stereocenters. The van der Waals surface area contributed by atoms with E-state index in [0.29, 0.717) is 0 Å². The maximum Gasteiger partial charge on any atom is 0.0643 e. The average molecular weight is 308 g/mol. The zero-order valence-electron chi connectivity index (χ0n) is 10.9. The minimum absolute atomic E-state index is 0.289. The van der Waals surface area contributed by atoms with Crippen molar-refractivity contribution < 1.29 is 0 Å². The molecule has 0 aliphatic carbocycles. The number of nitrogens with one attached hydrogen (secondary N) is 1. The largest absolute Gasteiger partial charge is 0.313 e. The van der Waals surface area contributed by atoms with Crippen LogP contribution < -0.4 is 5.32 Å². The van der Waals surface area contributed by atoms with Crippen LogP contribution in [0.5, 0.6) is 0 Å². The zero-order valence-corrected chi connectivity index (χ0v) is 12.5. The minimum atomic E-state index is 0.289. The van der Waals surface area contributed by atoms with Gasteiger partial charge in [0.25, 0.3) is 0 Å². The first-order valence-electron chi connectivity index (χ1n) is 6.02. The minimum Gasteiger partial charge on any atom is -0.313 e. The maximum absolute atomic E-state index is 4.44. The predicted octanol–water partition coefficient (Wildman–Crippen LogP) is 2.99. The Hall–Kier alpha value is -1.13. The van der Waals surface area contributed by atoms with E-state index >= 15 is 0 Å². The summed E-state index contributed by atoms with van der Waals surface area (Å²) in [6, 6.07) is 8.68. The van der Waals surface area contributed by atoms with Gasteiger partial charge in [0, 0.05) is 30.2 Å². The monoisotopic (exact) mass is 307 g/mol. The Morgan fingerprint density at radius 3 is 2.78 bits per heavy atom. The molecule has 1 N–H and O–H groups in total. The number of rotatable bonds is 4. The van der Waals surface area contributed by atoms with Crippen LogP contribution in [0.25, 0.3) is 0 Å². The van der Waals surface area contributed by atoms with E-state index in [-0.39, 0.29) is 6.04 Å². The molecule has 4 heteroatoms. The smallest absolute Gasteiger partial charge is 0.0643 e. The summed E-state index contributed by atoms with van der Waals surface area (Å²) < 4.78 is 3.00. The SMILES string of the molecule is CNC(Cc1ccn(C)n1)c1cccc(Br)c1C. The molecular weight excluding hydrogens is 290 g/mol. The first kappa shape index (κ1) is 13.3. The summed E-state index contributed by atoms with van der Waals surface area (Å²) in [5, 5.41) is 7.82. The van der Waals surface area contributed by atoms with E-state index in [1.165, 1.54) is 11.1 Å². The number of benzene rings is 1. The summed E-state index contributed by atoms with van der Waals surface area (Å²) in [5.74, 6) is 0. The summed E-state index contributed by atoms with van der Waals surface area (Å²) in [4.78, 5) is 0. The highest BCUT2D eigenvalue weighted by Crippen LogP contribution is 2.26. The van der Waals surface area contributed by atoms with Crippen molar-refractivity contribution in [1.29, 1.82) is 0 Å². The molecule has 0 aliphatic heterocycles. The lowest BCUT2D eigenvalue weighted by Crippen LogP contribution is -2.20. The molecule has 96 valence electrons. The number of hydrogen-bond acceptors (Lipinski definition) is 2. The second-order valence-electron chi connectivity index (χ2n) is 4.48. The van der Waals surface area contributed by atoms with Gasteiger partial charge in [-0.25, -0.2) is 0 Å². The Bertz CT molecular complexity index is 534. The van der Waals surface area contributed by atoms with Gasteiger partial charge in [-0.05, 0) is 37.2 Å². The van der Waals surface area contributed by atoms with Gasteiger partial charge in [-0.2, -0.15) is 5.10 Å². The van der Waals surface area contributed by atoms with Crippen molar-refractivity contribution >= 4 is 15.9 Å². The highest BCUT2D eigenvalue weighted by Gasteiger charge is 2.14. The van der Waals surface area contributed by atoms with Crippen LogP contribution in [0, 0.1) is 6.92 Å². The molecule has 0 amide bonds. The fourth-order valence-corrected chi connectivity index (χ4v) is 2.53. The molecule has 0 radical (unpaired) electrons. The Morgan fingerprint density at radius 2 is 2.17 bits per heavy atom. The molecule has 0 fully saturated rings. The lowest BCUT2D eigenvalue weighted by atomic mass is 9.98. The number of aromatic nitrogens is 2. The maximum atomic E-state index is 4.44.